The van der Waals surface area contributed by atoms with Crippen molar-refractivity contribution < 1.29 is 47.2 Å². The van der Waals surface area contributed by atoms with Crippen LogP contribution in [-0.2, 0) is 42.4 Å². The Morgan fingerprint density at radius 1 is 1.00 bits per heavy atom. The van der Waals surface area contributed by atoms with Crippen molar-refractivity contribution in [1.82, 2.24) is 19.7 Å². The number of aromatic nitrogens is 2. The smallest absolute Gasteiger partial charge is 0.465 e. The summed E-state index contributed by atoms with van der Waals surface area (Å²) in [6, 6.07) is -0.443. The van der Waals surface area contributed by atoms with Gasteiger partial charge in [-0.25, -0.2) is 19.8 Å². The number of anilines is 1. The zero-order chi connectivity index (χ0) is 35.8. The molecule has 3 unspecified atom stereocenters. The molecule has 0 radical (unpaired) electrons. The third-order valence-corrected chi connectivity index (χ3v) is 9.76. The Morgan fingerprint density at radius 2 is 1.56 bits per heavy atom. The second-order valence-electron chi connectivity index (χ2n) is 13.0. The number of carbonyl (C=O) groups excluding carboxylic acids is 3. The molecule has 0 bridgehead atoms. The lowest BCUT2D eigenvalue weighted by Gasteiger charge is -2.30. The maximum Gasteiger partial charge on any atom is 0.509 e. The van der Waals surface area contributed by atoms with Crippen LogP contribution in [0.3, 0.4) is 0 Å². The molecule has 0 aliphatic carbocycles. The van der Waals surface area contributed by atoms with Crippen molar-refractivity contribution in [3.8, 4) is 0 Å². The van der Waals surface area contributed by atoms with E-state index in [0.717, 1.165) is 6.42 Å². The summed E-state index contributed by atoms with van der Waals surface area (Å²) in [5, 5.41) is 8.74. The fourth-order valence-electron chi connectivity index (χ4n) is 5.52. The van der Waals surface area contributed by atoms with Gasteiger partial charge >= 0.3 is 31.5 Å². The molecule has 272 valence electrons. The van der Waals surface area contributed by atoms with Crippen molar-refractivity contribution in [3.05, 3.63) is 22.7 Å². The van der Waals surface area contributed by atoms with Crippen molar-refractivity contribution in [2.24, 2.45) is 11.8 Å². The topological polar surface area (TPSA) is 195 Å². The Kier molecular flexibility index (Phi) is 14.0. The van der Waals surface area contributed by atoms with Crippen molar-refractivity contribution >= 4 is 31.6 Å². The largest absolute Gasteiger partial charge is 0.509 e. The van der Waals surface area contributed by atoms with Crippen molar-refractivity contribution in [2.45, 2.75) is 124 Å². The summed E-state index contributed by atoms with van der Waals surface area (Å²) in [4.78, 5) is 55.6. The van der Waals surface area contributed by atoms with Gasteiger partial charge in [0, 0.05) is 12.2 Å². The molecule has 3 heterocycles. The van der Waals surface area contributed by atoms with E-state index in [-0.39, 0.29) is 43.9 Å². The third-order valence-electron chi connectivity index (χ3n) is 7.94. The quantitative estimate of drug-likeness (QED) is 0.107. The minimum Gasteiger partial charge on any atom is -0.465 e. The van der Waals surface area contributed by atoms with Gasteiger partial charge in [-0.1, -0.05) is 34.6 Å². The molecule has 7 atom stereocenters. The average molecular weight is 702 g/mol. The van der Waals surface area contributed by atoms with Crippen LogP contribution in [0.5, 0.6) is 0 Å². The second kappa shape index (κ2) is 17.1. The normalized spacial score (nSPS) is 25.1. The highest BCUT2D eigenvalue weighted by Gasteiger charge is 2.64. The first kappa shape index (κ1) is 39.4. The van der Waals surface area contributed by atoms with Crippen LogP contribution < -0.4 is 21.2 Å². The molecule has 1 aromatic heterocycles. The highest BCUT2D eigenvalue weighted by molar-refractivity contribution is 7.54. The van der Waals surface area contributed by atoms with Crippen LogP contribution >= 0.6 is 7.67 Å². The summed E-state index contributed by atoms with van der Waals surface area (Å²) >= 11 is 0. The molecule has 2 fully saturated rings. The fraction of sp³-hybridized carbons (Fsp3) is 0.774. The molecule has 2 aliphatic rings. The first-order valence-corrected chi connectivity index (χ1v) is 18.2. The van der Waals surface area contributed by atoms with Crippen LogP contribution in [0, 0.1) is 11.8 Å². The molecule has 2 aliphatic heterocycles. The van der Waals surface area contributed by atoms with Crippen molar-refractivity contribution in [2.75, 3.05) is 25.1 Å². The predicted molar refractivity (Wildman–Crippen MR) is 175 cm³/mol. The lowest BCUT2D eigenvalue weighted by molar-refractivity contribution is -0.146. The lowest BCUT2D eigenvalue weighted by atomic mass is 9.96. The number of hydrogen-bond acceptors (Lipinski definition) is 13. The summed E-state index contributed by atoms with van der Waals surface area (Å²) in [5.74, 6) is -0.933. The summed E-state index contributed by atoms with van der Waals surface area (Å²) in [6.07, 6.45) is -1.55. The Morgan fingerprint density at radius 3 is 2.04 bits per heavy atom. The summed E-state index contributed by atoms with van der Waals surface area (Å²) < 4.78 is 49.5. The Balaban J connectivity index is 1.95. The van der Waals surface area contributed by atoms with Crippen LogP contribution in [0.1, 0.15) is 87.8 Å². The molecule has 3 N–H and O–H groups in total. The fourth-order valence-corrected chi connectivity index (χ4v) is 7.34. The summed E-state index contributed by atoms with van der Waals surface area (Å²) in [6.45, 7) is 16.1. The summed E-state index contributed by atoms with van der Waals surface area (Å²) in [5.41, 5.74) is -2.15. The maximum absolute atomic E-state index is 14.6. The molecule has 17 heteroatoms. The Hall–Kier alpha value is -3.04. The van der Waals surface area contributed by atoms with E-state index in [9.17, 15) is 23.7 Å². The first-order chi connectivity index (χ1) is 22.5. The SMILES string of the molecule is CCOC(=O)C(CC(C)C)NP(=O)(NC(CC(C)C)C(=O)OCC)OC[C@H]1O[C@@H](n2ccc(NC(C)CC)nc2=O)[C@]2(C)OC(=O)O[C@H]12. The number of esters is 2. The monoisotopic (exact) mass is 701 g/mol. The van der Waals surface area contributed by atoms with Crippen molar-refractivity contribution in [1.29, 1.82) is 0 Å². The molecule has 1 aromatic rings. The minimum atomic E-state index is -4.30. The van der Waals surface area contributed by atoms with Gasteiger partial charge in [-0.15, -0.1) is 0 Å². The molecule has 0 amide bonds. The van der Waals surface area contributed by atoms with Crippen LogP contribution in [0.2, 0.25) is 0 Å². The Bertz CT molecular complexity index is 1340. The van der Waals surface area contributed by atoms with E-state index >= 15 is 0 Å². The predicted octanol–water partition coefficient (Wildman–Crippen LogP) is 3.90. The number of ether oxygens (including phenoxy) is 5. The van der Waals surface area contributed by atoms with Gasteiger partial charge in [0.1, 0.15) is 24.0 Å². The zero-order valence-corrected chi connectivity index (χ0v) is 30.2. The minimum absolute atomic E-state index is 0.00903. The second-order valence-corrected chi connectivity index (χ2v) is 14.9. The van der Waals surface area contributed by atoms with Crippen molar-refractivity contribution in [3.63, 3.8) is 0 Å². The van der Waals surface area contributed by atoms with E-state index in [2.05, 4.69) is 20.5 Å². The van der Waals surface area contributed by atoms with E-state index in [4.69, 9.17) is 28.2 Å². The number of nitrogens with one attached hydrogen (secondary N) is 3. The molecule has 3 rings (SSSR count). The molecule has 2 saturated heterocycles. The highest BCUT2D eigenvalue weighted by atomic mass is 31.2. The van der Waals surface area contributed by atoms with Crippen LogP contribution in [0.4, 0.5) is 10.6 Å². The molecule has 16 nitrogen and oxygen atoms in total. The van der Waals surface area contributed by atoms with Gasteiger partial charge < -0.3 is 33.5 Å². The lowest BCUT2D eigenvalue weighted by Crippen LogP contribution is -2.46. The zero-order valence-electron chi connectivity index (χ0n) is 29.3. The van der Waals surface area contributed by atoms with Gasteiger partial charge in [0.25, 0.3) is 0 Å². The van der Waals surface area contributed by atoms with Gasteiger partial charge in [0.15, 0.2) is 17.9 Å². The number of hydrogen-bond donors (Lipinski definition) is 3. The molecule has 0 aromatic carbocycles. The van der Waals surface area contributed by atoms with Crippen LogP contribution in [0.25, 0.3) is 0 Å². The maximum atomic E-state index is 14.6. The third kappa shape index (κ3) is 10.0. The first-order valence-electron chi connectivity index (χ1n) is 16.6. The van der Waals surface area contributed by atoms with Crippen LogP contribution in [-0.4, -0.2) is 83.4 Å². The van der Waals surface area contributed by atoms with Gasteiger partial charge in [-0.3, -0.25) is 18.7 Å². The average Bonchev–Trinajstić information content (AvgIpc) is 3.44. The van der Waals surface area contributed by atoms with E-state index in [0.29, 0.717) is 5.82 Å². The highest BCUT2D eigenvalue weighted by Crippen LogP contribution is 2.48. The van der Waals surface area contributed by atoms with E-state index in [1.54, 1.807) is 26.8 Å². The number of carbonyl (C=O) groups is 3. The summed E-state index contributed by atoms with van der Waals surface area (Å²) in [7, 11) is -4.30. The van der Waals surface area contributed by atoms with Gasteiger partial charge in [-0.05, 0) is 64.9 Å². The van der Waals surface area contributed by atoms with Crippen LogP contribution in [0.15, 0.2) is 17.1 Å². The van der Waals surface area contributed by atoms with E-state index in [1.807, 2.05) is 41.5 Å². The number of rotatable bonds is 19. The molecule has 0 saturated carbocycles. The molecular weight excluding hydrogens is 649 g/mol. The molecule has 48 heavy (non-hydrogen) atoms. The molecular formula is C31H52N5O11P. The van der Waals surface area contributed by atoms with Gasteiger partial charge in [0.2, 0.25) is 0 Å². The van der Waals surface area contributed by atoms with Gasteiger partial charge in [0.05, 0.1) is 19.8 Å². The number of fused-ring (bicyclic) bond motifs is 1. The number of nitrogens with zero attached hydrogens (tertiary/aromatic N) is 2. The van der Waals surface area contributed by atoms with Gasteiger partial charge in [-0.2, -0.15) is 4.98 Å². The standard InChI is InChI=1S/C31H52N5O11P/c1-10-20(8)32-24-13-14-36(29(39)33-24)28-31(9)25(46-30(40)47-31)23(45-28)17-44-48(41,34-21(15-18(4)5)26(37)42-11-2)35-22(16-19(6)7)27(38)43-12-3/h13-14,18-23,25,28H,10-12,15-17H2,1-9H3,(H,32,33,39)(H2,34,35,41)/t20?,21?,22?,23-,25-,28-,31-,48?/m1/s1. The van der Waals surface area contributed by atoms with E-state index in [1.165, 1.54) is 10.8 Å². The Labute approximate surface area is 281 Å². The molecule has 0 spiro atoms. The van der Waals surface area contributed by atoms with E-state index < -0.39 is 74.2 Å².